The van der Waals surface area contributed by atoms with Gasteiger partial charge in [-0.25, -0.2) is 4.39 Å². The van der Waals surface area contributed by atoms with E-state index < -0.39 is 13.2 Å². The van der Waals surface area contributed by atoms with Crippen LogP contribution >= 0.6 is 7.14 Å². The van der Waals surface area contributed by atoms with Gasteiger partial charge in [0.2, 0.25) is 5.91 Å². The summed E-state index contributed by atoms with van der Waals surface area (Å²) >= 11 is 0. The molecule has 4 rings (SSSR count). The van der Waals surface area contributed by atoms with Gasteiger partial charge in [0, 0.05) is 17.4 Å². The fourth-order valence-corrected chi connectivity index (χ4v) is 5.13. The zero-order valence-corrected chi connectivity index (χ0v) is 16.5. The summed E-state index contributed by atoms with van der Waals surface area (Å²) in [6.07, 6.45) is 2.40. The standard InChI is InChI=1S/C21H24FN2O2P/c1-27(2,26)18-6-4-3-5-14(18)15-9-10-17(20(22)19(15)13-7-8-13)24-12-11-16(23)21(24)25/h3-6,9-10,13,16H,7-8,11-12,23H2,1-2H3. The third-order valence-corrected chi connectivity index (χ3v) is 7.01. The van der Waals surface area contributed by atoms with Crippen molar-refractivity contribution in [2.45, 2.75) is 31.2 Å². The molecule has 2 N–H and O–H groups in total. The number of benzene rings is 2. The average molecular weight is 386 g/mol. The summed E-state index contributed by atoms with van der Waals surface area (Å²) in [5.74, 6) is -0.419. The van der Waals surface area contributed by atoms with Gasteiger partial charge in [-0.15, -0.1) is 0 Å². The lowest BCUT2D eigenvalue weighted by Crippen LogP contribution is -2.34. The Balaban J connectivity index is 1.89. The first-order chi connectivity index (χ1) is 12.8. The first-order valence-corrected chi connectivity index (χ1v) is 11.9. The molecule has 2 fully saturated rings. The number of carbonyl (C=O) groups excluding carboxylic acids is 1. The van der Waals surface area contributed by atoms with Crippen LogP contribution in [-0.2, 0) is 9.36 Å². The third kappa shape index (κ3) is 3.24. The number of nitrogens with zero attached hydrogens (tertiary/aromatic N) is 1. The molecule has 2 aromatic carbocycles. The molecule has 0 radical (unpaired) electrons. The number of carbonyl (C=O) groups is 1. The van der Waals surface area contributed by atoms with E-state index in [0.29, 0.717) is 24.2 Å². The van der Waals surface area contributed by atoms with Gasteiger partial charge in [0.25, 0.3) is 0 Å². The van der Waals surface area contributed by atoms with E-state index in [0.717, 1.165) is 29.3 Å². The largest absolute Gasteiger partial charge is 0.320 e. The average Bonchev–Trinajstić information content (AvgIpc) is 3.41. The van der Waals surface area contributed by atoms with Crippen molar-refractivity contribution in [3.05, 3.63) is 47.8 Å². The highest BCUT2D eigenvalue weighted by Crippen LogP contribution is 2.49. The highest BCUT2D eigenvalue weighted by molar-refractivity contribution is 7.70. The monoisotopic (exact) mass is 386 g/mol. The lowest BCUT2D eigenvalue weighted by atomic mass is 9.95. The Bertz CT molecular complexity index is 965. The topological polar surface area (TPSA) is 63.4 Å². The first-order valence-electron chi connectivity index (χ1n) is 9.33. The third-order valence-electron chi connectivity index (χ3n) is 5.46. The van der Waals surface area contributed by atoms with Crippen molar-refractivity contribution in [3.8, 4) is 11.1 Å². The Morgan fingerprint density at radius 1 is 1.07 bits per heavy atom. The van der Waals surface area contributed by atoms with Crippen LogP contribution < -0.4 is 15.9 Å². The summed E-state index contributed by atoms with van der Waals surface area (Å²) in [6.45, 7) is 3.91. The van der Waals surface area contributed by atoms with Crippen molar-refractivity contribution < 1.29 is 13.8 Å². The second kappa shape index (κ2) is 6.57. The minimum absolute atomic E-state index is 0.146. The van der Waals surface area contributed by atoms with Crippen LogP contribution in [0.15, 0.2) is 36.4 Å². The Morgan fingerprint density at radius 3 is 2.37 bits per heavy atom. The van der Waals surface area contributed by atoms with Crippen LogP contribution in [-0.4, -0.2) is 31.8 Å². The molecule has 1 aliphatic carbocycles. The van der Waals surface area contributed by atoms with Gasteiger partial charge in [0.1, 0.15) is 7.14 Å². The molecule has 1 saturated carbocycles. The molecule has 1 atom stereocenters. The Labute approximate surface area is 158 Å². The van der Waals surface area contributed by atoms with Crippen LogP contribution in [0.1, 0.15) is 30.7 Å². The van der Waals surface area contributed by atoms with Gasteiger partial charge in [-0.3, -0.25) is 4.79 Å². The van der Waals surface area contributed by atoms with E-state index in [4.69, 9.17) is 5.73 Å². The molecule has 0 spiro atoms. The van der Waals surface area contributed by atoms with Crippen molar-refractivity contribution in [2.24, 2.45) is 5.73 Å². The lowest BCUT2D eigenvalue weighted by molar-refractivity contribution is -0.118. The predicted octanol–water partition coefficient (Wildman–Crippen LogP) is 3.68. The number of hydrogen-bond acceptors (Lipinski definition) is 3. The van der Waals surface area contributed by atoms with Gasteiger partial charge in [-0.05, 0) is 55.7 Å². The summed E-state index contributed by atoms with van der Waals surface area (Å²) < 4.78 is 28.4. The molecule has 27 heavy (non-hydrogen) atoms. The Hall–Kier alpha value is -1.97. The molecule has 1 heterocycles. The maximum Gasteiger partial charge on any atom is 0.244 e. The van der Waals surface area contributed by atoms with E-state index in [1.807, 2.05) is 30.3 Å². The van der Waals surface area contributed by atoms with Crippen molar-refractivity contribution in [1.29, 1.82) is 0 Å². The quantitative estimate of drug-likeness (QED) is 0.816. The second-order valence-electron chi connectivity index (χ2n) is 7.89. The molecule has 0 bridgehead atoms. The highest BCUT2D eigenvalue weighted by atomic mass is 31.2. The Kier molecular flexibility index (Phi) is 4.48. The van der Waals surface area contributed by atoms with E-state index in [-0.39, 0.29) is 17.6 Å². The van der Waals surface area contributed by atoms with E-state index in [2.05, 4.69) is 0 Å². The van der Waals surface area contributed by atoms with Crippen LogP contribution in [0.2, 0.25) is 0 Å². The maximum atomic E-state index is 15.6. The van der Waals surface area contributed by atoms with Crippen LogP contribution in [0.5, 0.6) is 0 Å². The summed E-state index contributed by atoms with van der Waals surface area (Å²) in [7, 11) is -2.52. The predicted molar refractivity (Wildman–Crippen MR) is 108 cm³/mol. The van der Waals surface area contributed by atoms with Crippen molar-refractivity contribution >= 4 is 24.0 Å². The van der Waals surface area contributed by atoms with Crippen LogP contribution in [0, 0.1) is 5.82 Å². The van der Waals surface area contributed by atoms with E-state index >= 15 is 4.39 Å². The molecule has 6 heteroatoms. The SMILES string of the molecule is CP(C)(=O)c1ccccc1-c1ccc(N2CCC(N)C2=O)c(F)c1C1CC1. The highest BCUT2D eigenvalue weighted by Gasteiger charge is 2.36. The zero-order valence-electron chi connectivity index (χ0n) is 15.6. The molecule has 1 amide bonds. The summed E-state index contributed by atoms with van der Waals surface area (Å²) in [4.78, 5) is 13.8. The van der Waals surface area contributed by atoms with Gasteiger partial charge < -0.3 is 15.2 Å². The van der Waals surface area contributed by atoms with Crippen molar-refractivity contribution in [2.75, 3.05) is 24.8 Å². The molecule has 1 saturated heterocycles. The number of hydrogen-bond donors (Lipinski definition) is 1. The molecule has 4 nitrogen and oxygen atoms in total. The van der Waals surface area contributed by atoms with Crippen molar-refractivity contribution in [3.63, 3.8) is 0 Å². The smallest absolute Gasteiger partial charge is 0.244 e. The molecular weight excluding hydrogens is 362 g/mol. The fourth-order valence-electron chi connectivity index (χ4n) is 3.91. The fraction of sp³-hybridized carbons (Fsp3) is 0.381. The molecule has 142 valence electrons. The van der Waals surface area contributed by atoms with Gasteiger partial charge >= 0.3 is 0 Å². The molecule has 1 aliphatic heterocycles. The van der Waals surface area contributed by atoms with Gasteiger partial charge in [-0.1, -0.05) is 30.3 Å². The number of nitrogens with two attached hydrogens (primary N) is 1. The molecule has 0 aromatic heterocycles. The summed E-state index contributed by atoms with van der Waals surface area (Å²) in [6, 6.07) is 10.5. The van der Waals surface area contributed by atoms with Crippen LogP contribution in [0.4, 0.5) is 10.1 Å². The van der Waals surface area contributed by atoms with Crippen LogP contribution in [0.25, 0.3) is 11.1 Å². The number of rotatable bonds is 4. The molecule has 2 aromatic rings. The normalized spacial score (nSPS) is 20.4. The number of halogens is 1. The lowest BCUT2D eigenvalue weighted by Gasteiger charge is -2.22. The van der Waals surface area contributed by atoms with Gasteiger partial charge in [-0.2, -0.15) is 0 Å². The number of anilines is 1. The van der Waals surface area contributed by atoms with Gasteiger partial charge in [0.15, 0.2) is 5.82 Å². The molecule has 1 unspecified atom stereocenters. The maximum absolute atomic E-state index is 15.6. The zero-order chi connectivity index (χ0) is 19.3. The van der Waals surface area contributed by atoms with E-state index in [1.54, 1.807) is 19.4 Å². The minimum Gasteiger partial charge on any atom is -0.320 e. The summed E-state index contributed by atoms with van der Waals surface area (Å²) in [5.41, 5.74) is 8.37. The summed E-state index contributed by atoms with van der Waals surface area (Å²) in [5, 5.41) is 0.762. The molecular formula is C21H24FN2O2P. The van der Waals surface area contributed by atoms with Crippen molar-refractivity contribution in [1.82, 2.24) is 0 Å². The van der Waals surface area contributed by atoms with E-state index in [9.17, 15) is 9.36 Å². The number of amides is 1. The van der Waals surface area contributed by atoms with E-state index in [1.165, 1.54) is 4.90 Å². The molecule has 2 aliphatic rings. The first kappa shape index (κ1) is 18.4. The minimum atomic E-state index is -2.52. The van der Waals surface area contributed by atoms with Crippen LogP contribution in [0.3, 0.4) is 0 Å². The van der Waals surface area contributed by atoms with Gasteiger partial charge in [0.05, 0.1) is 11.7 Å². The Morgan fingerprint density at radius 2 is 1.78 bits per heavy atom. The second-order valence-corrected chi connectivity index (χ2v) is 11.1.